The van der Waals surface area contributed by atoms with Crippen molar-refractivity contribution in [3.63, 3.8) is 0 Å². The molecule has 3 N–H and O–H groups in total. The zero-order valence-electron chi connectivity index (χ0n) is 9.66. The molecule has 112 valence electrons. The van der Waals surface area contributed by atoms with Crippen LogP contribution in [-0.2, 0) is 9.84 Å². The minimum Gasteiger partial charge on any atom is -0.478 e. The molecule has 6 nitrogen and oxygen atoms in total. The number of sulfone groups is 1. The van der Waals surface area contributed by atoms with Crippen molar-refractivity contribution in [1.82, 2.24) is 0 Å². The van der Waals surface area contributed by atoms with Gasteiger partial charge in [0.25, 0.3) is 0 Å². The first-order valence-electron chi connectivity index (χ1n) is 4.65. The van der Waals surface area contributed by atoms with E-state index in [-0.39, 0.29) is 0 Å². The van der Waals surface area contributed by atoms with Crippen LogP contribution in [0.2, 0.25) is 5.02 Å². The van der Waals surface area contributed by atoms with Gasteiger partial charge in [0.15, 0.2) is 15.6 Å². The number of ether oxygens (including phenoxy) is 1. The Morgan fingerprint density at radius 3 is 2.30 bits per heavy atom. The van der Waals surface area contributed by atoms with Crippen LogP contribution in [0.4, 0.5) is 18.9 Å². The van der Waals surface area contributed by atoms with Crippen LogP contribution in [0, 0.1) is 0 Å². The SMILES string of the molecule is CS(=O)(=O)c1c(C(=O)O)cc(N)c(OC(F)(F)F)c1Cl. The first-order valence-corrected chi connectivity index (χ1v) is 6.92. The molecule has 0 saturated carbocycles. The maximum atomic E-state index is 12.2. The predicted octanol–water partition coefficient (Wildman–Crippen LogP) is 1.92. The van der Waals surface area contributed by atoms with E-state index in [4.69, 9.17) is 22.4 Å². The molecule has 0 aromatic heterocycles. The van der Waals surface area contributed by atoms with Crippen LogP contribution in [0.3, 0.4) is 0 Å². The van der Waals surface area contributed by atoms with Crippen molar-refractivity contribution < 1.29 is 36.2 Å². The maximum Gasteiger partial charge on any atom is 0.573 e. The highest BCUT2D eigenvalue weighted by Gasteiger charge is 2.36. The number of nitrogens with two attached hydrogens (primary N) is 1. The van der Waals surface area contributed by atoms with Gasteiger partial charge in [-0.05, 0) is 6.07 Å². The Balaban J connectivity index is 3.73. The van der Waals surface area contributed by atoms with E-state index in [9.17, 15) is 26.4 Å². The van der Waals surface area contributed by atoms with Gasteiger partial charge in [0, 0.05) is 6.26 Å². The van der Waals surface area contributed by atoms with Gasteiger partial charge in [0.1, 0.15) is 9.92 Å². The number of carbonyl (C=O) groups is 1. The highest BCUT2D eigenvalue weighted by atomic mass is 35.5. The van der Waals surface area contributed by atoms with Gasteiger partial charge in [0.2, 0.25) is 0 Å². The lowest BCUT2D eigenvalue weighted by atomic mass is 10.2. The smallest absolute Gasteiger partial charge is 0.478 e. The highest BCUT2D eigenvalue weighted by molar-refractivity contribution is 7.91. The molecule has 0 aliphatic heterocycles. The third kappa shape index (κ3) is 3.45. The summed E-state index contributed by atoms with van der Waals surface area (Å²) in [6, 6.07) is 0.533. The van der Waals surface area contributed by atoms with Gasteiger partial charge < -0.3 is 15.6 Å². The van der Waals surface area contributed by atoms with Crippen LogP contribution < -0.4 is 10.5 Å². The zero-order valence-corrected chi connectivity index (χ0v) is 11.2. The van der Waals surface area contributed by atoms with Gasteiger partial charge >= 0.3 is 12.3 Å². The summed E-state index contributed by atoms with van der Waals surface area (Å²) in [6.45, 7) is 0. The molecule has 0 fully saturated rings. The Bertz CT molecular complexity index is 671. The summed E-state index contributed by atoms with van der Waals surface area (Å²) in [5.74, 6) is -2.87. The lowest BCUT2D eigenvalue weighted by Crippen LogP contribution is -2.20. The molecule has 1 aromatic rings. The monoisotopic (exact) mass is 333 g/mol. The number of hydrogen-bond acceptors (Lipinski definition) is 5. The third-order valence-corrected chi connectivity index (χ3v) is 3.66. The van der Waals surface area contributed by atoms with Crippen LogP contribution in [0.5, 0.6) is 5.75 Å². The molecule has 0 heterocycles. The minimum atomic E-state index is -5.17. The minimum absolute atomic E-state index is 0.533. The number of alkyl halides is 3. The van der Waals surface area contributed by atoms with Crippen molar-refractivity contribution >= 4 is 33.1 Å². The Morgan fingerprint density at radius 2 is 1.95 bits per heavy atom. The first-order chi connectivity index (χ1) is 8.84. The highest BCUT2D eigenvalue weighted by Crippen LogP contribution is 2.41. The normalized spacial score (nSPS) is 12.2. The summed E-state index contributed by atoms with van der Waals surface area (Å²) in [7, 11) is -4.22. The van der Waals surface area contributed by atoms with E-state index < -0.39 is 49.1 Å². The Hall–Kier alpha value is -1.68. The number of hydrogen-bond donors (Lipinski definition) is 2. The molecule has 1 aromatic carbocycles. The average molecular weight is 334 g/mol. The first kappa shape index (κ1) is 16.4. The van der Waals surface area contributed by atoms with Crippen LogP contribution in [-0.4, -0.2) is 32.1 Å². The third-order valence-electron chi connectivity index (χ3n) is 2.02. The number of aromatic carboxylic acids is 1. The van der Waals surface area contributed by atoms with E-state index in [2.05, 4.69) is 4.74 Å². The number of anilines is 1. The van der Waals surface area contributed by atoms with Crippen molar-refractivity contribution in [2.75, 3.05) is 12.0 Å². The molecule has 11 heteroatoms. The van der Waals surface area contributed by atoms with Gasteiger partial charge in [-0.1, -0.05) is 11.6 Å². The van der Waals surface area contributed by atoms with E-state index in [0.717, 1.165) is 0 Å². The molecule has 0 unspecified atom stereocenters. The number of nitrogen functional groups attached to an aromatic ring is 1. The van der Waals surface area contributed by atoms with Crippen molar-refractivity contribution in [3.05, 3.63) is 16.7 Å². The second-order valence-corrected chi connectivity index (χ2v) is 5.94. The van der Waals surface area contributed by atoms with E-state index in [1.807, 2.05) is 0 Å². The summed E-state index contributed by atoms with van der Waals surface area (Å²) in [5.41, 5.74) is 3.62. The molecule has 0 aliphatic rings. The maximum absolute atomic E-state index is 12.2. The molecule has 0 radical (unpaired) electrons. The topological polar surface area (TPSA) is 107 Å². The fourth-order valence-electron chi connectivity index (χ4n) is 1.38. The Morgan fingerprint density at radius 1 is 1.45 bits per heavy atom. The van der Waals surface area contributed by atoms with Crippen LogP contribution in [0.1, 0.15) is 10.4 Å². The number of halogens is 4. The molecule has 0 bridgehead atoms. The van der Waals surface area contributed by atoms with E-state index in [1.54, 1.807) is 0 Å². The van der Waals surface area contributed by atoms with Gasteiger partial charge in [-0.15, -0.1) is 13.2 Å². The second kappa shape index (κ2) is 5.02. The largest absolute Gasteiger partial charge is 0.573 e. The standard InChI is InChI=1S/C9H7ClF3NO5S/c1-20(17,18)7-3(8(15)16)2-4(14)6(5(7)10)19-9(11,12)13/h2H,14H2,1H3,(H,15,16). The summed E-state index contributed by atoms with van der Waals surface area (Å²) in [6.07, 6.45) is -4.58. The molecule has 20 heavy (non-hydrogen) atoms. The second-order valence-electron chi connectivity index (χ2n) is 3.61. The van der Waals surface area contributed by atoms with Crippen molar-refractivity contribution in [1.29, 1.82) is 0 Å². The van der Waals surface area contributed by atoms with Gasteiger partial charge in [0.05, 0.1) is 11.3 Å². The average Bonchev–Trinajstić information content (AvgIpc) is 2.19. The Labute approximate surface area is 115 Å². The summed E-state index contributed by atoms with van der Waals surface area (Å²) in [5, 5.41) is 7.82. The molecule has 0 aliphatic carbocycles. The molecule has 0 saturated heterocycles. The number of carboxylic acids is 1. The van der Waals surface area contributed by atoms with E-state index >= 15 is 0 Å². The van der Waals surface area contributed by atoms with E-state index in [1.165, 1.54) is 0 Å². The predicted molar refractivity (Wildman–Crippen MR) is 62.6 cm³/mol. The number of benzene rings is 1. The summed E-state index contributed by atoms with van der Waals surface area (Å²) < 4.78 is 63.0. The lowest BCUT2D eigenvalue weighted by molar-refractivity contribution is -0.274. The van der Waals surface area contributed by atoms with Crippen molar-refractivity contribution in [2.24, 2.45) is 0 Å². The zero-order chi connectivity index (χ0) is 15.9. The molecular formula is C9H7ClF3NO5S. The summed E-state index contributed by atoms with van der Waals surface area (Å²) in [4.78, 5) is 9.93. The van der Waals surface area contributed by atoms with Gasteiger partial charge in [-0.25, -0.2) is 13.2 Å². The van der Waals surface area contributed by atoms with Crippen molar-refractivity contribution in [2.45, 2.75) is 11.3 Å². The molecular weight excluding hydrogens is 327 g/mol. The van der Waals surface area contributed by atoms with Crippen LogP contribution in [0.25, 0.3) is 0 Å². The number of rotatable bonds is 3. The molecule has 0 amide bonds. The van der Waals surface area contributed by atoms with Crippen molar-refractivity contribution in [3.8, 4) is 5.75 Å². The summed E-state index contributed by atoms with van der Waals surface area (Å²) >= 11 is 5.51. The fraction of sp³-hybridized carbons (Fsp3) is 0.222. The lowest BCUT2D eigenvalue weighted by Gasteiger charge is -2.16. The van der Waals surface area contributed by atoms with Crippen LogP contribution >= 0.6 is 11.6 Å². The van der Waals surface area contributed by atoms with E-state index in [0.29, 0.717) is 12.3 Å². The Kier molecular flexibility index (Phi) is 4.11. The number of carboxylic acid groups (broad SMARTS) is 1. The van der Waals surface area contributed by atoms with Crippen LogP contribution in [0.15, 0.2) is 11.0 Å². The van der Waals surface area contributed by atoms with Gasteiger partial charge in [-0.3, -0.25) is 0 Å². The van der Waals surface area contributed by atoms with Gasteiger partial charge in [-0.2, -0.15) is 0 Å². The molecule has 0 spiro atoms. The fourth-order valence-corrected chi connectivity index (χ4v) is 3.01. The molecule has 0 atom stereocenters. The quantitative estimate of drug-likeness (QED) is 0.818. The molecule has 1 rings (SSSR count).